The van der Waals surface area contributed by atoms with Crippen molar-refractivity contribution in [2.45, 2.75) is 6.42 Å². The zero-order chi connectivity index (χ0) is 13.4. The molecule has 3 aromatic rings. The molecular weight excluding hydrogens is 328 g/mol. The first-order valence-corrected chi connectivity index (χ1v) is 6.88. The second-order valence-corrected chi connectivity index (χ2v) is 5.61. The topological polar surface area (TPSA) is 52.0 Å². The van der Waals surface area contributed by atoms with Gasteiger partial charge in [-0.15, -0.1) is 0 Å². The number of hydrogen-bond donors (Lipinski definition) is 1. The van der Waals surface area contributed by atoms with E-state index in [9.17, 15) is 0 Å². The number of aromatic nitrogens is 1. The van der Waals surface area contributed by atoms with Crippen LogP contribution in [0.2, 0.25) is 5.02 Å². The minimum Gasteiger partial charge on any atom is -0.438 e. The minimum absolute atomic E-state index is 0.583. The van der Waals surface area contributed by atoms with Crippen molar-refractivity contribution in [1.29, 1.82) is 0 Å². The Morgan fingerprint density at radius 1 is 1.21 bits per heavy atom. The van der Waals surface area contributed by atoms with Gasteiger partial charge in [-0.2, -0.15) is 0 Å². The maximum absolute atomic E-state index is 5.90. The first kappa shape index (κ1) is 12.5. The first-order chi connectivity index (χ1) is 9.11. The number of nitrogen functional groups attached to an aromatic ring is 1. The van der Waals surface area contributed by atoms with E-state index in [2.05, 4.69) is 20.9 Å². The van der Waals surface area contributed by atoms with Crippen LogP contribution in [0.5, 0.6) is 0 Å². The molecule has 0 radical (unpaired) electrons. The average Bonchev–Trinajstić information content (AvgIpc) is 2.75. The lowest BCUT2D eigenvalue weighted by atomic mass is 10.1. The van der Waals surface area contributed by atoms with Crippen LogP contribution in [0.1, 0.15) is 11.5 Å². The molecule has 0 bridgehead atoms. The molecule has 0 unspecified atom stereocenters. The van der Waals surface area contributed by atoms with Gasteiger partial charge in [-0.3, -0.25) is 0 Å². The molecule has 0 aliphatic heterocycles. The van der Waals surface area contributed by atoms with Gasteiger partial charge in [0.25, 0.3) is 0 Å². The summed E-state index contributed by atoms with van der Waals surface area (Å²) in [6.45, 7) is 0. The van der Waals surface area contributed by atoms with Crippen LogP contribution >= 0.6 is 27.5 Å². The van der Waals surface area contributed by atoms with Gasteiger partial charge in [0.05, 0.1) is 5.69 Å². The van der Waals surface area contributed by atoms with Crippen molar-refractivity contribution in [3.63, 3.8) is 0 Å². The lowest BCUT2D eigenvalue weighted by Crippen LogP contribution is -1.87. The third-order valence-corrected chi connectivity index (χ3v) is 3.51. The predicted octanol–water partition coefficient (Wildman–Crippen LogP) is 4.42. The van der Waals surface area contributed by atoms with E-state index < -0.39 is 0 Å². The number of hydrogen-bond acceptors (Lipinski definition) is 3. The molecule has 0 saturated carbocycles. The van der Waals surface area contributed by atoms with E-state index in [4.69, 9.17) is 21.8 Å². The van der Waals surface area contributed by atoms with Gasteiger partial charge >= 0.3 is 0 Å². The Labute approximate surface area is 123 Å². The van der Waals surface area contributed by atoms with E-state index in [-0.39, 0.29) is 0 Å². The molecule has 5 heteroatoms. The van der Waals surface area contributed by atoms with Gasteiger partial charge in [0.2, 0.25) is 0 Å². The van der Waals surface area contributed by atoms with Crippen molar-refractivity contribution in [3.8, 4) is 0 Å². The van der Waals surface area contributed by atoms with Gasteiger partial charge in [-0.1, -0.05) is 39.7 Å². The van der Waals surface area contributed by atoms with Crippen LogP contribution in [0.4, 0.5) is 5.69 Å². The molecule has 0 saturated heterocycles. The standard InChI is InChI=1S/C14H10BrClN2O/c15-9-6-11(17)14-12(7-9)18-13(19-14)5-8-1-3-10(16)4-2-8/h1-4,6-7H,5,17H2. The first-order valence-electron chi connectivity index (χ1n) is 5.71. The van der Waals surface area contributed by atoms with E-state index in [0.29, 0.717) is 23.6 Å². The molecule has 0 amide bonds. The summed E-state index contributed by atoms with van der Waals surface area (Å²) in [7, 11) is 0. The third-order valence-electron chi connectivity index (χ3n) is 2.80. The van der Waals surface area contributed by atoms with Crippen LogP contribution in [0.3, 0.4) is 0 Å². The van der Waals surface area contributed by atoms with E-state index in [1.54, 1.807) is 6.07 Å². The minimum atomic E-state index is 0.583. The molecule has 1 heterocycles. The monoisotopic (exact) mass is 336 g/mol. The highest BCUT2D eigenvalue weighted by Gasteiger charge is 2.10. The number of nitrogens with two attached hydrogens (primary N) is 1. The molecule has 3 nitrogen and oxygen atoms in total. The zero-order valence-electron chi connectivity index (χ0n) is 9.86. The SMILES string of the molecule is Nc1cc(Br)cc2nc(Cc3ccc(Cl)cc3)oc12. The van der Waals surface area contributed by atoms with Gasteiger partial charge in [0.1, 0.15) is 5.52 Å². The van der Waals surface area contributed by atoms with Gasteiger partial charge in [0.15, 0.2) is 11.5 Å². The molecule has 2 aromatic carbocycles. The molecule has 0 spiro atoms. The highest BCUT2D eigenvalue weighted by atomic mass is 79.9. The molecule has 2 N–H and O–H groups in total. The Balaban J connectivity index is 1.97. The van der Waals surface area contributed by atoms with Crippen LogP contribution in [0, 0.1) is 0 Å². The van der Waals surface area contributed by atoms with E-state index in [1.165, 1.54) is 0 Å². The van der Waals surface area contributed by atoms with Crippen LogP contribution in [0.15, 0.2) is 45.3 Å². The lowest BCUT2D eigenvalue weighted by Gasteiger charge is -1.97. The molecule has 96 valence electrons. The van der Waals surface area contributed by atoms with Gasteiger partial charge < -0.3 is 10.2 Å². The molecule has 0 aliphatic rings. The third kappa shape index (κ3) is 2.60. The molecular formula is C14H10BrClN2O. The Morgan fingerprint density at radius 2 is 1.95 bits per heavy atom. The van der Waals surface area contributed by atoms with Crippen LogP contribution < -0.4 is 5.73 Å². The van der Waals surface area contributed by atoms with Crippen molar-refractivity contribution in [3.05, 3.63) is 57.3 Å². The van der Waals surface area contributed by atoms with Crippen molar-refractivity contribution >= 4 is 44.3 Å². The van der Waals surface area contributed by atoms with Crippen molar-refractivity contribution in [2.24, 2.45) is 0 Å². The predicted molar refractivity (Wildman–Crippen MR) is 80.4 cm³/mol. The molecule has 0 atom stereocenters. The van der Waals surface area contributed by atoms with E-state index >= 15 is 0 Å². The second kappa shape index (κ2) is 4.87. The summed E-state index contributed by atoms with van der Waals surface area (Å²) >= 11 is 9.25. The highest BCUT2D eigenvalue weighted by Crippen LogP contribution is 2.27. The maximum Gasteiger partial charge on any atom is 0.200 e. The smallest absolute Gasteiger partial charge is 0.200 e. The quantitative estimate of drug-likeness (QED) is 0.704. The summed E-state index contributed by atoms with van der Waals surface area (Å²) in [4.78, 5) is 4.44. The normalized spacial score (nSPS) is 11.1. The Kier molecular flexibility index (Phi) is 3.21. The highest BCUT2D eigenvalue weighted by molar-refractivity contribution is 9.10. The number of benzene rings is 2. The fourth-order valence-corrected chi connectivity index (χ4v) is 2.51. The summed E-state index contributed by atoms with van der Waals surface area (Å²) in [5.41, 5.74) is 8.97. The number of anilines is 1. The summed E-state index contributed by atoms with van der Waals surface area (Å²) in [5.74, 6) is 0.641. The van der Waals surface area contributed by atoms with Crippen molar-refractivity contribution < 1.29 is 4.42 Å². The second-order valence-electron chi connectivity index (χ2n) is 4.25. The summed E-state index contributed by atoms with van der Waals surface area (Å²) in [5, 5.41) is 0.717. The molecule has 3 rings (SSSR count). The number of halogens is 2. The summed E-state index contributed by atoms with van der Waals surface area (Å²) in [6, 6.07) is 11.3. The van der Waals surface area contributed by atoms with Gasteiger partial charge in [-0.05, 0) is 29.8 Å². The summed E-state index contributed by atoms with van der Waals surface area (Å²) < 4.78 is 6.59. The van der Waals surface area contributed by atoms with Crippen molar-refractivity contribution in [1.82, 2.24) is 4.98 Å². The van der Waals surface area contributed by atoms with Gasteiger partial charge in [0, 0.05) is 15.9 Å². The van der Waals surface area contributed by atoms with E-state index in [1.807, 2.05) is 30.3 Å². The number of nitrogens with zero attached hydrogens (tertiary/aromatic N) is 1. The van der Waals surface area contributed by atoms with E-state index in [0.717, 1.165) is 20.6 Å². The molecule has 19 heavy (non-hydrogen) atoms. The number of fused-ring (bicyclic) bond motifs is 1. The fraction of sp³-hybridized carbons (Fsp3) is 0.0714. The molecule has 0 fully saturated rings. The fourth-order valence-electron chi connectivity index (χ4n) is 1.92. The van der Waals surface area contributed by atoms with Crippen LogP contribution in [-0.4, -0.2) is 4.98 Å². The Morgan fingerprint density at radius 3 is 2.68 bits per heavy atom. The Bertz CT molecular complexity index is 737. The maximum atomic E-state index is 5.90. The van der Waals surface area contributed by atoms with Crippen LogP contribution in [-0.2, 0) is 6.42 Å². The number of oxazole rings is 1. The zero-order valence-corrected chi connectivity index (χ0v) is 12.2. The molecule has 0 aliphatic carbocycles. The lowest BCUT2D eigenvalue weighted by molar-refractivity contribution is 0.545. The largest absolute Gasteiger partial charge is 0.438 e. The average molecular weight is 338 g/mol. The molecule has 1 aromatic heterocycles. The van der Waals surface area contributed by atoms with Gasteiger partial charge in [-0.25, -0.2) is 4.98 Å². The summed E-state index contributed by atoms with van der Waals surface area (Å²) in [6.07, 6.45) is 0.614. The van der Waals surface area contributed by atoms with Crippen LogP contribution in [0.25, 0.3) is 11.1 Å². The van der Waals surface area contributed by atoms with Crippen molar-refractivity contribution in [2.75, 3.05) is 5.73 Å². The number of rotatable bonds is 2. The Hall–Kier alpha value is -1.52.